The average molecular weight is 526 g/mol. The van der Waals surface area contributed by atoms with Crippen molar-refractivity contribution in [3.05, 3.63) is 31.8 Å². The van der Waals surface area contributed by atoms with E-state index >= 15 is 0 Å². The highest BCUT2D eigenvalue weighted by Crippen LogP contribution is 2.35. The van der Waals surface area contributed by atoms with Crippen LogP contribution in [0.1, 0.15) is 39.9 Å². The van der Waals surface area contributed by atoms with Crippen LogP contribution < -0.4 is 16.0 Å². The lowest BCUT2D eigenvalue weighted by Crippen LogP contribution is -2.45. The Hall–Kier alpha value is -1.75. The number of nitrogens with zero attached hydrogens (tertiary/aromatic N) is 2. The number of nitrogens with one attached hydrogen (secondary N) is 3. The fourth-order valence-corrected chi connectivity index (χ4v) is 7.04. The number of carbonyl (C=O) groups is 3. The normalized spacial score (nSPS) is 24.9. The molecular formula is C23H32ClN5O3S2. The van der Waals surface area contributed by atoms with Crippen molar-refractivity contribution in [1.29, 1.82) is 0 Å². The van der Waals surface area contributed by atoms with Crippen molar-refractivity contribution in [2.75, 3.05) is 39.8 Å². The minimum Gasteiger partial charge on any atom is -0.351 e. The third-order valence-corrected chi connectivity index (χ3v) is 9.22. The lowest BCUT2D eigenvalue weighted by atomic mass is 10.1. The molecule has 0 spiro atoms. The van der Waals surface area contributed by atoms with E-state index in [1.807, 2.05) is 24.0 Å². The first kappa shape index (κ1) is 25.3. The van der Waals surface area contributed by atoms with E-state index in [0.717, 1.165) is 30.8 Å². The zero-order valence-electron chi connectivity index (χ0n) is 19.6. The Morgan fingerprint density at radius 1 is 1.21 bits per heavy atom. The molecule has 3 N–H and O–H groups in total. The predicted molar refractivity (Wildman–Crippen MR) is 138 cm³/mol. The van der Waals surface area contributed by atoms with Crippen LogP contribution in [-0.2, 0) is 17.6 Å². The third-order valence-electron chi connectivity index (χ3n) is 6.49. The Balaban J connectivity index is 1.44. The average Bonchev–Trinajstić information content (AvgIpc) is 3.50. The summed E-state index contributed by atoms with van der Waals surface area (Å²) in [7, 11) is 2.13. The minimum absolute atomic E-state index is 0.0224. The van der Waals surface area contributed by atoms with Crippen molar-refractivity contribution in [3.63, 3.8) is 0 Å². The molecule has 4 amide bonds. The second-order valence-corrected chi connectivity index (χ2v) is 12.0. The van der Waals surface area contributed by atoms with Gasteiger partial charge in [-0.1, -0.05) is 17.7 Å². The number of halogens is 1. The zero-order valence-corrected chi connectivity index (χ0v) is 22.0. The van der Waals surface area contributed by atoms with E-state index in [4.69, 9.17) is 11.6 Å². The number of allylic oxidation sites excluding steroid dienone is 1. The first-order chi connectivity index (χ1) is 16.3. The SMILES string of the molecule is CCNC(=O)NC[C@@H]1C[C@@H](NC(=O)C2CC=C(Cl)S2)CN1C(=O)c1cc2c(s1)CCN(C)CC2. The Bertz CT molecular complexity index is 943. The van der Waals surface area contributed by atoms with Gasteiger partial charge in [-0.25, -0.2) is 4.79 Å². The molecule has 3 aliphatic rings. The van der Waals surface area contributed by atoms with Gasteiger partial charge in [0.15, 0.2) is 0 Å². The number of amides is 4. The highest BCUT2D eigenvalue weighted by atomic mass is 35.5. The van der Waals surface area contributed by atoms with Crippen LogP contribution in [0.15, 0.2) is 16.5 Å². The molecule has 0 aliphatic carbocycles. The highest BCUT2D eigenvalue weighted by molar-refractivity contribution is 8.06. The first-order valence-corrected chi connectivity index (χ1v) is 13.9. The van der Waals surface area contributed by atoms with Crippen LogP contribution in [0.3, 0.4) is 0 Å². The smallest absolute Gasteiger partial charge is 0.314 e. The number of hydrogen-bond acceptors (Lipinski definition) is 6. The van der Waals surface area contributed by atoms with E-state index in [1.165, 1.54) is 22.2 Å². The number of rotatable bonds is 6. The fourth-order valence-electron chi connectivity index (χ4n) is 4.64. The van der Waals surface area contributed by atoms with Gasteiger partial charge in [0.25, 0.3) is 5.91 Å². The number of urea groups is 1. The third kappa shape index (κ3) is 6.08. The molecule has 0 aromatic carbocycles. The molecule has 1 aromatic heterocycles. The van der Waals surface area contributed by atoms with Crippen LogP contribution in [0.4, 0.5) is 4.79 Å². The molecular weight excluding hydrogens is 494 g/mol. The van der Waals surface area contributed by atoms with E-state index in [1.54, 1.807) is 11.3 Å². The Morgan fingerprint density at radius 2 is 2.00 bits per heavy atom. The van der Waals surface area contributed by atoms with Crippen molar-refractivity contribution in [2.45, 2.75) is 49.9 Å². The molecule has 1 fully saturated rings. The van der Waals surface area contributed by atoms with E-state index in [9.17, 15) is 14.4 Å². The maximum Gasteiger partial charge on any atom is 0.314 e. The van der Waals surface area contributed by atoms with Gasteiger partial charge in [0.05, 0.1) is 20.5 Å². The van der Waals surface area contributed by atoms with Crippen molar-refractivity contribution in [2.24, 2.45) is 0 Å². The Labute approximate surface area is 213 Å². The van der Waals surface area contributed by atoms with E-state index < -0.39 is 0 Å². The standard InChI is InChI=1S/C23H32ClN5O3S2/c1-3-25-23(32)26-12-16-11-15(27-21(30)18-4-5-20(24)34-18)13-29(16)22(31)19-10-14-6-8-28(2)9-7-17(14)33-19/h5,10,15-16,18H,3-4,6-9,11-13H2,1-2H3,(H,27,30)(H2,25,26,32)/t15-,16+,18?/m1/s1. The molecule has 186 valence electrons. The van der Waals surface area contributed by atoms with E-state index in [-0.39, 0.29) is 35.2 Å². The summed E-state index contributed by atoms with van der Waals surface area (Å²) in [6, 6.07) is 1.44. The number of fused-ring (bicyclic) bond motifs is 1. The second-order valence-electron chi connectivity index (χ2n) is 9.01. The van der Waals surface area contributed by atoms with Gasteiger partial charge < -0.3 is 25.8 Å². The molecule has 4 rings (SSSR count). The van der Waals surface area contributed by atoms with Crippen LogP contribution in [0, 0.1) is 0 Å². The van der Waals surface area contributed by atoms with Crippen LogP contribution in [0.2, 0.25) is 0 Å². The molecule has 3 atom stereocenters. The minimum atomic E-state index is -0.252. The van der Waals surface area contributed by atoms with Gasteiger partial charge in [0.2, 0.25) is 5.91 Å². The van der Waals surface area contributed by atoms with E-state index in [0.29, 0.717) is 36.8 Å². The van der Waals surface area contributed by atoms with Gasteiger partial charge in [-0.15, -0.1) is 23.1 Å². The summed E-state index contributed by atoms with van der Waals surface area (Å²) in [5.74, 6) is -0.0792. The molecule has 3 aliphatic heterocycles. The number of thioether (sulfide) groups is 1. The van der Waals surface area contributed by atoms with Gasteiger partial charge in [-0.05, 0) is 51.3 Å². The van der Waals surface area contributed by atoms with Crippen molar-refractivity contribution >= 4 is 52.5 Å². The maximum atomic E-state index is 13.6. The summed E-state index contributed by atoms with van der Waals surface area (Å²) in [5.41, 5.74) is 1.27. The summed E-state index contributed by atoms with van der Waals surface area (Å²) in [4.78, 5) is 44.5. The predicted octanol–water partition coefficient (Wildman–Crippen LogP) is 2.38. The lowest BCUT2D eigenvalue weighted by molar-refractivity contribution is -0.121. The fraction of sp³-hybridized carbons (Fsp3) is 0.609. The number of carbonyl (C=O) groups excluding carboxylic acids is 3. The van der Waals surface area contributed by atoms with Crippen molar-refractivity contribution in [3.8, 4) is 0 Å². The number of thiophene rings is 1. The van der Waals surface area contributed by atoms with Crippen LogP contribution in [-0.4, -0.2) is 84.8 Å². The monoisotopic (exact) mass is 525 g/mol. The van der Waals surface area contributed by atoms with Gasteiger partial charge in [0.1, 0.15) is 0 Å². The maximum absolute atomic E-state index is 13.6. The molecule has 1 unspecified atom stereocenters. The lowest BCUT2D eigenvalue weighted by Gasteiger charge is -2.24. The molecule has 0 saturated carbocycles. The Kier molecular flexibility index (Phi) is 8.44. The molecule has 1 saturated heterocycles. The molecule has 1 aromatic rings. The van der Waals surface area contributed by atoms with Crippen molar-refractivity contribution in [1.82, 2.24) is 25.8 Å². The van der Waals surface area contributed by atoms with Crippen molar-refractivity contribution < 1.29 is 14.4 Å². The summed E-state index contributed by atoms with van der Waals surface area (Å²) in [6.07, 6.45) is 4.98. The van der Waals surface area contributed by atoms with Crippen LogP contribution in [0.5, 0.6) is 0 Å². The van der Waals surface area contributed by atoms with Gasteiger partial charge in [0, 0.05) is 43.6 Å². The summed E-state index contributed by atoms with van der Waals surface area (Å²) in [6.45, 7) is 5.14. The number of likely N-dealkylation sites (tertiary alicyclic amines) is 1. The zero-order chi connectivity index (χ0) is 24.2. The molecule has 0 radical (unpaired) electrons. The highest BCUT2D eigenvalue weighted by Gasteiger charge is 2.38. The second kappa shape index (κ2) is 11.3. The topological polar surface area (TPSA) is 93.8 Å². The van der Waals surface area contributed by atoms with Crippen LogP contribution >= 0.6 is 34.7 Å². The van der Waals surface area contributed by atoms with Crippen LogP contribution in [0.25, 0.3) is 0 Å². The van der Waals surface area contributed by atoms with Gasteiger partial charge in [-0.3, -0.25) is 9.59 Å². The molecule has 11 heteroatoms. The summed E-state index contributed by atoms with van der Waals surface area (Å²) < 4.78 is 0.649. The number of hydrogen-bond donors (Lipinski definition) is 3. The molecule has 34 heavy (non-hydrogen) atoms. The number of likely N-dealkylation sites (N-methyl/N-ethyl adjacent to an activating group) is 1. The molecule has 8 nitrogen and oxygen atoms in total. The molecule has 0 bridgehead atoms. The summed E-state index contributed by atoms with van der Waals surface area (Å²) in [5, 5.41) is 8.48. The molecule has 4 heterocycles. The van der Waals surface area contributed by atoms with Gasteiger partial charge >= 0.3 is 6.03 Å². The summed E-state index contributed by atoms with van der Waals surface area (Å²) >= 11 is 8.98. The van der Waals surface area contributed by atoms with E-state index in [2.05, 4.69) is 27.9 Å². The Morgan fingerprint density at radius 3 is 2.74 bits per heavy atom. The largest absolute Gasteiger partial charge is 0.351 e. The van der Waals surface area contributed by atoms with Gasteiger partial charge in [-0.2, -0.15) is 0 Å². The quantitative estimate of drug-likeness (QED) is 0.530. The first-order valence-electron chi connectivity index (χ1n) is 11.8.